The second-order valence-electron chi connectivity index (χ2n) is 6.55. The molecule has 6 heteroatoms. The first-order valence-corrected chi connectivity index (χ1v) is 8.71. The average Bonchev–Trinajstić information content (AvgIpc) is 2.92. The molecule has 0 aromatic heterocycles. The van der Waals surface area contributed by atoms with E-state index in [1.165, 1.54) is 23.9 Å². The van der Waals surface area contributed by atoms with E-state index in [0.717, 1.165) is 0 Å². The predicted molar refractivity (Wildman–Crippen MR) is 89.8 cm³/mol. The number of nitrogens with zero attached hydrogens (tertiary/aromatic N) is 2. The van der Waals surface area contributed by atoms with Gasteiger partial charge in [-0.05, 0) is 39.0 Å². The summed E-state index contributed by atoms with van der Waals surface area (Å²) in [6, 6.07) is 4.42. The van der Waals surface area contributed by atoms with Gasteiger partial charge in [-0.15, -0.1) is 11.8 Å². The van der Waals surface area contributed by atoms with E-state index in [1.54, 1.807) is 22.8 Å². The molecule has 1 spiro atoms. The number of carbonyl (C=O) groups is 2. The molecule has 124 valence electrons. The summed E-state index contributed by atoms with van der Waals surface area (Å²) in [6.07, 6.45) is 0.322. The fraction of sp³-hybridized carbons (Fsp3) is 0.529. The lowest BCUT2D eigenvalue weighted by Gasteiger charge is -2.32. The van der Waals surface area contributed by atoms with Crippen molar-refractivity contribution in [2.75, 3.05) is 18.0 Å². The van der Waals surface area contributed by atoms with Gasteiger partial charge < -0.3 is 9.80 Å². The van der Waals surface area contributed by atoms with Gasteiger partial charge in [-0.2, -0.15) is 0 Å². The topological polar surface area (TPSA) is 40.6 Å². The average molecular weight is 336 g/mol. The van der Waals surface area contributed by atoms with Crippen molar-refractivity contribution in [1.29, 1.82) is 0 Å². The van der Waals surface area contributed by atoms with E-state index >= 15 is 0 Å². The molecule has 2 aliphatic rings. The minimum absolute atomic E-state index is 0.0791. The molecule has 23 heavy (non-hydrogen) atoms. The summed E-state index contributed by atoms with van der Waals surface area (Å²) in [5.74, 6) is -0.606. The fourth-order valence-corrected chi connectivity index (χ4v) is 5.27. The number of anilines is 1. The molecule has 1 fully saturated rings. The first-order valence-electron chi connectivity index (χ1n) is 7.89. The molecule has 0 N–H and O–H groups in total. The fourth-order valence-electron chi connectivity index (χ4n) is 3.53. The third-order valence-electron chi connectivity index (χ3n) is 4.41. The highest BCUT2D eigenvalue weighted by atomic mass is 32.2. The van der Waals surface area contributed by atoms with Crippen LogP contribution in [0.1, 0.15) is 39.7 Å². The first kappa shape index (κ1) is 16.3. The molecule has 3 rings (SSSR count). The summed E-state index contributed by atoms with van der Waals surface area (Å²) >= 11 is 1.46. The summed E-state index contributed by atoms with van der Waals surface area (Å²) in [5.41, 5.74) is 1.31. The summed E-state index contributed by atoms with van der Waals surface area (Å²) < 4.78 is 13.6. The number of halogens is 1. The van der Waals surface area contributed by atoms with Crippen molar-refractivity contribution in [2.45, 2.75) is 43.7 Å². The molecule has 1 aromatic carbocycles. The van der Waals surface area contributed by atoms with Crippen molar-refractivity contribution >= 4 is 29.3 Å². The molecular weight excluding hydrogens is 315 g/mol. The smallest absolute Gasteiger partial charge is 0.268 e. The molecule has 2 heterocycles. The molecule has 1 atom stereocenters. The van der Waals surface area contributed by atoms with Crippen LogP contribution in [0, 0.1) is 5.82 Å². The van der Waals surface area contributed by atoms with Gasteiger partial charge in [-0.3, -0.25) is 9.59 Å². The predicted octanol–water partition coefficient (Wildman–Crippen LogP) is 3.11. The van der Waals surface area contributed by atoms with Crippen LogP contribution in [0.15, 0.2) is 18.2 Å². The van der Waals surface area contributed by atoms with Gasteiger partial charge in [0.05, 0.1) is 5.69 Å². The van der Waals surface area contributed by atoms with E-state index < -0.39 is 4.87 Å². The van der Waals surface area contributed by atoms with E-state index in [1.807, 2.05) is 20.8 Å². The lowest BCUT2D eigenvalue weighted by Crippen LogP contribution is -2.50. The second kappa shape index (κ2) is 5.23. The van der Waals surface area contributed by atoms with Gasteiger partial charge in [0, 0.05) is 29.8 Å². The van der Waals surface area contributed by atoms with Crippen LogP contribution in [0.3, 0.4) is 0 Å². The highest BCUT2D eigenvalue weighted by Crippen LogP contribution is 2.59. The number of hydrogen-bond acceptors (Lipinski definition) is 3. The van der Waals surface area contributed by atoms with Gasteiger partial charge >= 0.3 is 0 Å². The Balaban J connectivity index is 2.26. The minimum atomic E-state index is -1.13. The Labute approximate surface area is 140 Å². The van der Waals surface area contributed by atoms with Crippen LogP contribution >= 0.6 is 11.8 Å². The van der Waals surface area contributed by atoms with Crippen LogP contribution in [0.2, 0.25) is 0 Å². The Kier molecular flexibility index (Phi) is 3.71. The molecule has 0 bridgehead atoms. The number of carbonyl (C=O) groups excluding carboxylic acids is 2. The first-order chi connectivity index (χ1) is 10.8. The number of benzene rings is 1. The van der Waals surface area contributed by atoms with E-state index in [9.17, 15) is 14.0 Å². The van der Waals surface area contributed by atoms with Gasteiger partial charge in [0.2, 0.25) is 5.91 Å². The maximum Gasteiger partial charge on any atom is 0.268 e. The number of fused-ring (bicyclic) bond motifs is 2. The van der Waals surface area contributed by atoms with Crippen molar-refractivity contribution in [1.82, 2.24) is 4.90 Å². The second-order valence-corrected chi connectivity index (χ2v) is 8.45. The highest BCUT2D eigenvalue weighted by Gasteiger charge is 2.63. The quantitative estimate of drug-likeness (QED) is 0.833. The van der Waals surface area contributed by atoms with Gasteiger partial charge in [-0.1, -0.05) is 6.92 Å². The molecule has 2 amide bonds. The molecule has 1 unspecified atom stereocenters. The van der Waals surface area contributed by atoms with Crippen LogP contribution in [0.4, 0.5) is 10.1 Å². The molecule has 1 saturated heterocycles. The van der Waals surface area contributed by atoms with Gasteiger partial charge in [0.1, 0.15) is 5.82 Å². The Bertz CT molecular complexity index is 691. The summed E-state index contributed by atoms with van der Waals surface area (Å²) in [6.45, 7) is 8.68. The lowest BCUT2D eigenvalue weighted by molar-refractivity contribution is -0.140. The molecule has 2 aliphatic heterocycles. The third-order valence-corrected chi connectivity index (χ3v) is 6.00. The van der Waals surface area contributed by atoms with Gasteiger partial charge in [-0.25, -0.2) is 4.39 Å². The van der Waals surface area contributed by atoms with Crippen molar-refractivity contribution in [2.24, 2.45) is 0 Å². The van der Waals surface area contributed by atoms with E-state index in [0.29, 0.717) is 30.8 Å². The van der Waals surface area contributed by atoms with Crippen LogP contribution < -0.4 is 4.90 Å². The zero-order valence-corrected chi connectivity index (χ0v) is 14.7. The summed E-state index contributed by atoms with van der Waals surface area (Å²) in [4.78, 5) is 27.9. The Morgan fingerprint density at radius 2 is 2.04 bits per heavy atom. The van der Waals surface area contributed by atoms with Gasteiger partial charge in [0.15, 0.2) is 4.87 Å². The third kappa shape index (κ3) is 2.18. The van der Waals surface area contributed by atoms with Gasteiger partial charge in [0.25, 0.3) is 5.91 Å². The molecule has 1 aromatic rings. The Morgan fingerprint density at radius 3 is 2.65 bits per heavy atom. The van der Waals surface area contributed by atoms with Crippen LogP contribution in [0.5, 0.6) is 0 Å². The van der Waals surface area contributed by atoms with Crippen molar-refractivity contribution in [3.8, 4) is 0 Å². The van der Waals surface area contributed by atoms with Crippen molar-refractivity contribution in [3.63, 3.8) is 0 Å². The minimum Gasteiger partial charge on any atom is -0.314 e. The zero-order valence-electron chi connectivity index (χ0n) is 13.9. The number of likely N-dealkylation sites (N-methyl/N-ethyl adjacent to an activating group) is 1. The maximum atomic E-state index is 13.9. The van der Waals surface area contributed by atoms with Crippen molar-refractivity contribution < 1.29 is 14.0 Å². The molecule has 0 radical (unpaired) electrons. The lowest BCUT2D eigenvalue weighted by atomic mass is 10.0. The number of thioether (sulfide) groups is 1. The van der Waals surface area contributed by atoms with Crippen LogP contribution in [-0.4, -0.2) is 34.6 Å². The largest absolute Gasteiger partial charge is 0.314 e. The van der Waals surface area contributed by atoms with E-state index in [-0.39, 0.29) is 22.4 Å². The molecule has 0 aliphatic carbocycles. The van der Waals surface area contributed by atoms with E-state index in [2.05, 4.69) is 0 Å². The van der Waals surface area contributed by atoms with Crippen molar-refractivity contribution in [3.05, 3.63) is 29.6 Å². The number of amides is 2. The molecular formula is C17H21FN2O2S. The Morgan fingerprint density at radius 1 is 1.35 bits per heavy atom. The van der Waals surface area contributed by atoms with Crippen LogP contribution in [-0.2, 0) is 14.5 Å². The summed E-state index contributed by atoms with van der Waals surface area (Å²) in [7, 11) is 0. The van der Waals surface area contributed by atoms with Crippen LogP contribution in [0.25, 0.3) is 0 Å². The zero-order chi connectivity index (χ0) is 17.0. The number of hydrogen-bond donors (Lipinski definition) is 0. The Hall–Kier alpha value is -1.56. The maximum absolute atomic E-state index is 13.9. The normalized spacial score (nSPS) is 25.3. The standard InChI is InChI=1S/C17H21FN2O2S/c1-5-14(21)20-10-16(3,4)23-17(20)12-9-11(18)7-8-13(12)19(6-2)15(17)22/h7-9H,5-6,10H2,1-4H3. The number of rotatable bonds is 2. The highest BCUT2D eigenvalue weighted by molar-refractivity contribution is 8.02. The van der Waals surface area contributed by atoms with E-state index in [4.69, 9.17) is 0 Å². The SMILES string of the molecule is CCC(=O)N1CC(C)(C)SC12C(=O)N(CC)c1ccc(F)cc12. The molecule has 0 saturated carbocycles. The summed E-state index contributed by atoms with van der Waals surface area (Å²) in [5, 5.41) is 0. The molecule has 4 nitrogen and oxygen atoms in total. The monoisotopic (exact) mass is 336 g/mol.